The van der Waals surface area contributed by atoms with Crippen LogP contribution in [0.3, 0.4) is 0 Å². The van der Waals surface area contributed by atoms with Crippen LogP contribution in [-0.2, 0) is 26.0 Å². The fourth-order valence-electron chi connectivity index (χ4n) is 4.31. The topological polar surface area (TPSA) is 105 Å². The summed E-state index contributed by atoms with van der Waals surface area (Å²) < 4.78 is 38.6. The van der Waals surface area contributed by atoms with Crippen molar-refractivity contribution in [1.29, 1.82) is 0 Å². The number of amides is 2. The first kappa shape index (κ1) is 29.3. The minimum absolute atomic E-state index is 0.187. The molecule has 0 saturated carbocycles. The molecule has 2 amide bonds. The van der Waals surface area contributed by atoms with Crippen molar-refractivity contribution in [3.05, 3.63) is 54.1 Å². The van der Waals surface area contributed by atoms with E-state index in [9.17, 15) is 18.0 Å². The number of nitrogens with one attached hydrogen (secondary N) is 1. The first-order chi connectivity index (χ1) is 18.3. The van der Waals surface area contributed by atoms with Crippen LogP contribution in [0.15, 0.2) is 48.5 Å². The Bertz CT molecular complexity index is 1170. The third kappa shape index (κ3) is 7.63. The third-order valence-corrected chi connectivity index (χ3v) is 8.23. The molecule has 0 aliphatic carbocycles. The van der Waals surface area contributed by atoms with Crippen molar-refractivity contribution in [2.75, 3.05) is 42.9 Å². The number of sulfonamides is 1. The Kier molecular flexibility index (Phi) is 10.8. The number of anilines is 1. The molecule has 2 aromatic carbocycles. The minimum atomic E-state index is -3.82. The molecule has 38 heavy (non-hydrogen) atoms. The maximum Gasteiger partial charge on any atom is 0.244 e. The Morgan fingerprint density at radius 3 is 2.37 bits per heavy atom. The summed E-state index contributed by atoms with van der Waals surface area (Å²) in [6.07, 6.45) is 2.72. The van der Waals surface area contributed by atoms with Crippen LogP contribution in [0.2, 0.25) is 0 Å². The van der Waals surface area contributed by atoms with Crippen LogP contribution in [0.5, 0.6) is 11.5 Å². The Morgan fingerprint density at radius 1 is 1.00 bits per heavy atom. The van der Waals surface area contributed by atoms with Gasteiger partial charge in [0.05, 0.1) is 11.4 Å². The summed E-state index contributed by atoms with van der Waals surface area (Å²) in [6, 6.07) is 13.8. The molecule has 1 N–H and O–H groups in total. The smallest absolute Gasteiger partial charge is 0.244 e. The maximum atomic E-state index is 13.8. The summed E-state index contributed by atoms with van der Waals surface area (Å²) in [5.41, 5.74) is 1.34. The van der Waals surface area contributed by atoms with E-state index in [4.69, 9.17) is 9.47 Å². The predicted octanol–water partition coefficient (Wildman–Crippen LogP) is 3.38. The summed E-state index contributed by atoms with van der Waals surface area (Å²) in [5, 5.41) is 2.93. The number of rotatable bonds is 14. The van der Waals surface area contributed by atoms with Crippen molar-refractivity contribution in [3.8, 4) is 11.5 Å². The van der Waals surface area contributed by atoms with E-state index in [1.165, 1.54) is 11.8 Å². The van der Waals surface area contributed by atoms with Gasteiger partial charge in [-0.3, -0.25) is 13.9 Å². The highest BCUT2D eigenvalue weighted by Crippen LogP contribution is 2.35. The fraction of sp³-hybridized carbons (Fsp3) is 0.500. The normalized spacial score (nSPS) is 13.4. The third-order valence-electron chi connectivity index (χ3n) is 6.49. The molecule has 9 nitrogen and oxygen atoms in total. The van der Waals surface area contributed by atoms with Gasteiger partial charge in [-0.25, -0.2) is 8.42 Å². The summed E-state index contributed by atoms with van der Waals surface area (Å²) in [7, 11) is -3.82. The Balaban J connectivity index is 1.90. The van der Waals surface area contributed by atoms with Gasteiger partial charge in [-0.1, -0.05) is 50.6 Å². The van der Waals surface area contributed by atoms with Gasteiger partial charge < -0.3 is 19.7 Å². The molecule has 0 aromatic heterocycles. The van der Waals surface area contributed by atoms with Gasteiger partial charge in [-0.2, -0.15) is 0 Å². The monoisotopic (exact) mass is 545 g/mol. The van der Waals surface area contributed by atoms with E-state index < -0.39 is 28.5 Å². The van der Waals surface area contributed by atoms with Crippen molar-refractivity contribution in [1.82, 2.24) is 10.2 Å². The fourth-order valence-corrected chi connectivity index (χ4v) is 5.36. The van der Waals surface area contributed by atoms with E-state index >= 15 is 0 Å². The lowest BCUT2D eigenvalue weighted by Crippen LogP contribution is -2.53. The largest absolute Gasteiger partial charge is 0.486 e. The summed E-state index contributed by atoms with van der Waals surface area (Å²) in [6.45, 7) is 6.58. The highest BCUT2D eigenvalue weighted by Gasteiger charge is 2.32. The van der Waals surface area contributed by atoms with Crippen molar-refractivity contribution >= 4 is 27.5 Å². The van der Waals surface area contributed by atoms with Gasteiger partial charge in [-0.05, 0) is 43.9 Å². The standard InChI is InChI=1S/C28H39N3O6S/c1-4-7-16-29-28(33)24(5-2)30(17-15-22-11-9-8-10-12-22)27(32)21-31(38(34,35)6-3)23-13-14-25-26(20-23)37-19-18-36-25/h8-14,20,24H,4-7,15-19,21H2,1-3H3,(H,29,33)/t24-/m1/s1. The number of fused-ring (bicyclic) bond motifs is 1. The molecule has 1 aliphatic heterocycles. The van der Waals surface area contributed by atoms with Gasteiger partial charge in [0.2, 0.25) is 21.8 Å². The van der Waals surface area contributed by atoms with E-state index in [1.807, 2.05) is 44.2 Å². The van der Waals surface area contributed by atoms with Crippen LogP contribution in [0.1, 0.15) is 45.6 Å². The predicted molar refractivity (Wildman–Crippen MR) is 148 cm³/mol. The average Bonchev–Trinajstić information content (AvgIpc) is 2.94. The van der Waals surface area contributed by atoms with Gasteiger partial charge in [0.1, 0.15) is 25.8 Å². The molecule has 0 radical (unpaired) electrons. The number of carbonyl (C=O) groups is 2. The molecule has 2 aromatic rings. The zero-order chi connectivity index (χ0) is 27.5. The van der Waals surface area contributed by atoms with Crippen LogP contribution in [0, 0.1) is 0 Å². The SMILES string of the molecule is CCCCNC(=O)[C@@H](CC)N(CCc1ccccc1)C(=O)CN(c1ccc2c(c1)OCCO2)S(=O)(=O)CC. The molecular weight excluding hydrogens is 506 g/mol. The number of hydrogen-bond acceptors (Lipinski definition) is 6. The van der Waals surface area contributed by atoms with Crippen molar-refractivity contribution in [2.45, 2.75) is 52.5 Å². The lowest BCUT2D eigenvalue weighted by atomic mass is 10.1. The van der Waals surface area contributed by atoms with Gasteiger partial charge >= 0.3 is 0 Å². The van der Waals surface area contributed by atoms with E-state index in [1.54, 1.807) is 18.2 Å². The number of nitrogens with zero attached hydrogens (tertiary/aromatic N) is 2. The quantitative estimate of drug-likeness (QED) is 0.365. The summed E-state index contributed by atoms with van der Waals surface area (Å²) in [5.74, 6) is 0.101. The lowest BCUT2D eigenvalue weighted by molar-refractivity contribution is -0.139. The molecule has 3 rings (SSSR count). The average molecular weight is 546 g/mol. The molecule has 0 fully saturated rings. The highest BCUT2D eigenvalue weighted by molar-refractivity contribution is 7.92. The van der Waals surface area contributed by atoms with Gasteiger partial charge in [0.15, 0.2) is 11.5 Å². The summed E-state index contributed by atoms with van der Waals surface area (Å²) in [4.78, 5) is 28.4. The number of hydrogen-bond donors (Lipinski definition) is 1. The van der Waals surface area contributed by atoms with Crippen LogP contribution in [-0.4, -0.2) is 69.8 Å². The molecule has 208 valence electrons. The van der Waals surface area contributed by atoms with Gasteiger partial charge in [0.25, 0.3) is 0 Å². The van der Waals surface area contributed by atoms with E-state index in [0.717, 1.165) is 22.7 Å². The van der Waals surface area contributed by atoms with E-state index in [0.29, 0.717) is 49.8 Å². The van der Waals surface area contributed by atoms with Crippen molar-refractivity contribution in [2.24, 2.45) is 0 Å². The first-order valence-corrected chi connectivity index (χ1v) is 14.9. The first-order valence-electron chi connectivity index (χ1n) is 13.3. The number of benzene rings is 2. The van der Waals surface area contributed by atoms with Gasteiger partial charge in [-0.15, -0.1) is 0 Å². The minimum Gasteiger partial charge on any atom is -0.486 e. The Labute approximate surface area is 226 Å². The molecule has 0 bridgehead atoms. The van der Waals surface area contributed by atoms with Crippen LogP contribution in [0.4, 0.5) is 5.69 Å². The number of ether oxygens (including phenoxy) is 2. The Morgan fingerprint density at radius 2 is 1.71 bits per heavy atom. The molecule has 1 heterocycles. The molecule has 0 saturated heterocycles. The van der Waals surface area contributed by atoms with Gasteiger partial charge in [0, 0.05) is 19.2 Å². The molecular formula is C28H39N3O6S. The van der Waals surface area contributed by atoms with Crippen molar-refractivity contribution in [3.63, 3.8) is 0 Å². The Hall–Kier alpha value is -3.27. The molecule has 1 aliphatic rings. The van der Waals surface area contributed by atoms with Crippen LogP contribution >= 0.6 is 0 Å². The zero-order valence-corrected chi connectivity index (χ0v) is 23.3. The van der Waals surface area contributed by atoms with E-state index in [-0.39, 0.29) is 18.2 Å². The zero-order valence-electron chi connectivity index (χ0n) is 22.5. The second-order valence-electron chi connectivity index (χ2n) is 9.13. The number of carbonyl (C=O) groups excluding carboxylic acids is 2. The molecule has 0 unspecified atom stereocenters. The molecule has 1 atom stereocenters. The lowest BCUT2D eigenvalue weighted by Gasteiger charge is -2.33. The highest BCUT2D eigenvalue weighted by atomic mass is 32.2. The van der Waals surface area contributed by atoms with E-state index in [2.05, 4.69) is 5.32 Å². The molecule has 10 heteroatoms. The second kappa shape index (κ2) is 14.0. The summed E-state index contributed by atoms with van der Waals surface area (Å²) >= 11 is 0. The van der Waals surface area contributed by atoms with Crippen molar-refractivity contribution < 1.29 is 27.5 Å². The molecule has 0 spiro atoms. The number of unbranched alkanes of at least 4 members (excludes halogenated alkanes) is 1. The maximum absolute atomic E-state index is 13.8. The van der Waals surface area contributed by atoms with Crippen LogP contribution in [0.25, 0.3) is 0 Å². The second-order valence-corrected chi connectivity index (χ2v) is 11.3. The van der Waals surface area contributed by atoms with Crippen LogP contribution < -0.4 is 19.1 Å².